The van der Waals surface area contributed by atoms with Crippen molar-refractivity contribution in [2.75, 3.05) is 0 Å². The molecule has 0 amide bonds. The summed E-state index contributed by atoms with van der Waals surface area (Å²) in [6.07, 6.45) is 8.90. The van der Waals surface area contributed by atoms with Gasteiger partial charge in [0.05, 0.1) is 6.20 Å². The summed E-state index contributed by atoms with van der Waals surface area (Å²) in [5, 5.41) is 14.1. The second kappa shape index (κ2) is 6.41. The lowest BCUT2D eigenvalue weighted by Crippen LogP contribution is -1.97. The summed E-state index contributed by atoms with van der Waals surface area (Å²) in [6.45, 7) is 5.09. The molecule has 0 aliphatic carbocycles. The minimum atomic E-state index is 0.341. The van der Waals surface area contributed by atoms with Gasteiger partial charge < -0.3 is 5.11 Å². The molecule has 1 N–H and O–H groups in total. The molecule has 102 valence electrons. The van der Waals surface area contributed by atoms with Crippen molar-refractivity contribution in [3.63, 3.8) is 0 Å². The molecule has 1 aromatic carbocycles. The largest absolute Gasteiger partial charge is 0.508 e. The lowest BCUT2D eigenvalue weighted by Gasteiger charge is -2.02. The van der Waals surface area contributed by atoms with Gasteiger partial charge in [-0.05, 0) is 30.5 Å². The van der Waals surface area contributed by atoms with Crippen molar-refractivity contribution in [1.29, 1.82) is 0 Å². The number of hydrogen-bond acceptors (Lipinski definition) is 2. The summed E-state index contributed by atoms with van der Waals surface area (Å²) in [6, 6.07) is 5.75. The molecule has 0 atom stereocenters. The van der Waals surface area contributed by atoms with Crippen molar-refractivity contribution in [3.05, 3.63) is 36.2 Å². The number of hydrogen-bond donors (Lipinski definition) is 1. The van der Waals surface area contributed by atoms with Crippen LogP contribution >= 0.6 is 0 Å². The van der Waals surface area contributed by atoms with Crippen molar-refractivity contribution in [1.82, 2.24) is 9.78 Å². The van der Waals surface area contributed by atoms with E-state index in [1.165, 1.54) is 25.7 Å². The van der Waals surface area contributed by atoms with Crippen LogP contribution in [0.3, 0.4) is 0 Å². The van der Waals surface area contributed by atoms with Crippen molar-refractivity contribution >= 4 is 0 Å². The number of phenols is 1. The molecule has 0 aliphatic rings. The molecule has 0 saturated heterocycles. The number of aromatic nitrogens is 2. The summed E-state index contributed by atoms with van der Waals surface area (Å²) in [4.78, 5) is 0. The summed E-state index contributed by atoms with van der Waals surface area (Å²) >= 11 is 0. The van der Waals surface area contributed by atoms with Gasteiger partial charge in [-0.15, -0.1) is 0 Å². The standard InChI is InChI=1S/C16H22N2O/c1-3-4-5-6-9-18-12-15(11-17-18)14-8-7-13(2)16(19)10-14/h7-8,10-12,19H,3-6,9H2,1-2H3. The zero-order chi connectivity index (χ0) is 13.7. The number of phenolic OH excluding ortho intramolecular Hbond substituents is 1. The number of unbranched alkanes of at least 4 members (excludes halogenated alkanes) is 3. The van der Waals surface area contributed by atoms with Crippen molar-refractivity contribution in [3.8, 4) is 16.9 Å². The molecule has 0 saturated carbocycles. The Hall–Kier alpha value is -1.77. The smallest absolute Gasteiger partial charge is 0.119 e. The molecule has 0 spiro atoms. The molecular weight excluding hydrogens is 236 g/mol. The second-order valence-corrected chi connectivity index (χ2v) is 5.05. The first-order valence-corrected chi connectivity index (χ1v) is 7.03. The monoisotopic (exact) mass is 258 g/mol. The fourth-order valence-electron chi connectivity index (χ4n) is 2.12. The average Bonchev–Trinajstić information content (AvgIpc) is 2.87. The van der Waals surface area contributed by atoms with E-state index in [9.17, 15) is 5.11 Å². The van der Waals surface area contributed by atoms with Crippen LogP contribution in [0.1, 0.15) is 38.2 Å². The maximum atomic E-state index is 9.74. The van der Waals surface area contributed by atoms with E-state index in [-0.39, 0.29) is 0 Å². The van der Waals surface area contributed by atoms with Gasteiger partial charge in [0.1, 0.15) is 5.75 Å². The molecular formula is C16H22N2O. The average molecular weight is 258 g/mol. The Bertz CT molecular complexity index is 531. The molecule has 3 nitrogen and oxygen atoms in total. The van der Waals surface area contributed by atoms with E-state index in [1.54, 1.807) is 6.07 Å². The molecule has 0 fully saturated rings. The molecule has 0 aliphatic heterocycles. The Balaban J connectivity index is 2.01. The van der Waals surface area contributed by atoms with Crippen LogP contribution < -0.4 is 0 Å². The van der Waals surface area contributed by atoms with E-state index in [4.69, 9.17) is 0 Å². The van der Waals surface area contributed by atoms with E-state index in [0.717, 1.165) is 23.2 Å². The fourth-order valence-corrected chi connectivity index (χ4v) is 2.12. The maximum Gasteiger partial charge on any atom is 0.119 e. The van der Waals surface area contributed by atoms with Gasteiger partial charge in [-0.2, -0.15) is 5.10 Å². The predicted molar refractivity (Wildman–Crippen MR) is 78.2 cm³/mol. The van der Waals surface area contributed by atoms with Crippen molar-refractivity contribution < 1.29 is 5.11 Å². The molecule has 0 unspecified atom stereocenters. The number of nitrogens with zero attached hydrogens (tertiary/aromatic N) is 2. The Morgan fingerprint density at radius 3 is 2.74 bits per heavy atom. The maximum absolute atomic E-state index is 9.74. The summed E-state index contributed by atoms with van der Waals surface area (Å²) < 4.78 is 1.99. The van der Waals surface area contributed by atoms with Crippen molar-refractivity contribution in [2.24, 2.45) is 0 Å². The zero-order valence-electron chi connectivity index (χ0n) is 11.8. The topological polar surface area (TPSA) is 38.0 Å². The van der Waals surface area contributed by atoms with Gasteiger partial charge in [0.2, 0.25) is 0 Å². The van der Waals surface area contributed by atoms with Crippen LogP contribution in [0.2, 0.25) is 0 Å². The van der Waals surface area contributed by atoms with E-state index in [0.29, 0.717) is 5.75 Å². The number of aryl methyl sites for hydroxylation is 2. The van der Waals surface area contributed by atoms with Crippen LogP contribution in [0.15, 0.2) is 30.6 Å². The lowest BCUT2D eigenvalue weighted by molar-refractivity contribution is 0.471. The van der Waals surface area contributed by atoms with Crippen LogP contribution in [-0.2, 0) is 6.54 Å². The van der Waals surface area contributed by atoms with Gasteiger partial charge in [0.25, 0.3) is 0 Å². The zero-order valence-corrected chi connectivity index (χ0v) is 11.8. The highest BCUT2D eigenvalue weighted by atomic mass is 16.3. The van der Waals surface area contributed by atoms with E-state index in [2.05, 4.69) is 18.2 Å². The first-order valence-electron chi connectivity index (χ1n) is 7.03. The van der Waals surface area contributed by atoms with Gasteiger partial charge in [-0.1, -0.05) is 38.3 Å². The fraction of sp³-hybridized carbons (Fsp3) is 0.438. The van der Waals surface area contributed by atoms with E-state index >= 15 is 0 Å². The van der Waals surface area contributed by atoms with Crippen LogP contribution in [0, 0.1) is 6.92 Å². The normalized spacial score (nSPS) is 10.8. The highest BCUT2D eigenvalue weighted by Gasteiger charge is 2.04. The molecule has 1 aromatic heterocycles. The summed E-state index contributed by atoms with van der Waals surface area (Å²) in [5.41, 5.74) is 2.98. The summed E-state index contributed by atoms with van der Waals surface area (Å²) in [5.74, 6) is 0.341. The highest BCUT2D eigenvalue weighted by Crippen LogP contribution is 2.25. The van der Waals surface area contributed by atoms with Gasteiger partial charge >= 0.3 is 0 Å². The Kier molecular flexibility index (Phi) is 4.61. The first kappa shape index (κ1) is 13.7. The predicted octanol–water partition coefficient (Wildman–Crippen LogP) is 4.14. The van der Waals surface area contributed by atoms with Crippen LogP contribution in [0.4, 0.5) is 0 Å². The number of aromatic hydroxyl groups is 1. The molecule has 1 heterocycles. The quantitative estimate of drug-likeness (QED) is 0.791. The van der Waals surface area contributed by atoms with Crippen LogP contribution in [0.5, 0.6) is 5.75 Å². The number of benzene rings is 1. The molecule has 0 bridgehead atoms. The van der Waals surface area contributed by atoms with Gasteiger partial charge in [-0.3, -0.25) is 4.68 Å². The SMILES string of the molecule is CCCCCCn1cc(-c2ccc(C)c(O)c2)cn1. The molecule has 3 heteroatoms. The molecule has 2 rings (SSSR count). The molecule has 2 aromatic rings. The Morgan fingerprint density at radius 2 is 2.00 bits per heavy atom. The van der Waals surface area contributed by atoms with Crippen LogP contribution in [0.25, 0.3) is 11.1 Å². The van der Waals surface area contributed by atoms with Crippen LogP contribution in [-0.4, -0.2) is 14.9 Å². The Labute approximate surface area is 114 Å². The van der Waals surface area contributed by atoms with Gasteiger partial charge in [0, 0.05) is 18.3 Å². The first-order chi connectivity index (χ1) is 9.20. The number of rotatable bonds is 6. The third-order valence-electron chi connectivity index (χ3n) is 3.42. The van der Waals surface area contributed by atoms with Gasteiger partial charge in [0.15, 0.2) is 0 Å². The van der Waals surface area contributed by atoms with E-state index in [1.807, 2.05) is 29.9 Å². The summed E-state index contributed by atoms with van der Waals surface area (Å²) in [7, 11) is 0. The second-order valence-electron chi connectivity index (χ2n) is 5.05. The van der Waals surface area contributed by atoms with Crippen molar-refractivity contribution in [2.45, 2.75) is 46.1 Å². The lowest BCUT2D eigenvalue weighted by atomic mass is 10.1. The molecule has 0 radical (unpaired) electrons. The minimum Gasteiger partial charge on any atom is -0.508 e. The van der Waals surface area contributed by atoms with Gasteiger partial charge in [-0.25, -0.2) is 0 Å². The Morgan fingerprint density at radius 1 is 1.16 bits per heavy atom. The molecule has 19 heavy (non-hydrogen) atoms. The minimum absolute atomic E-state index is 0.341. The third kappa shape index (κ3) is 3.60. The third-order valence-corrected chi connectivity index (χ3v) is 3.42. The highest BCUT2D eigenvalue weighted by molar-refractivity contribution is 5.64. The van der Waals surface area contributed by atoms with E-state index < -0.39 is 0 Å².